The second-order valence-corrected chi connectivity index (χ2v) is 5.14. The first-order valence-corrected chi connectivity index (χ1v) is 6.17. The van der Waals surface area contributed by atoms with Crippen LogP contribution >= 0.6 is 0 Å². The van der Waals surface area contributed by atoms with Gasteiger partial charge < -0.3 is 10.4 Å². The van der Waals surface area contributed by atoms with E-state index in [0.717, 1.165) is 38.3 Å². The van der Waals surface area contributed by atoms with Crippen molar-refractivity contribution in [1.82, 2.24) is 5.32 Å². The van der Waals surface area contributed by atoms with Crippen molar-refractivity contribution in [2.45, 2.75) is 51.0 Å². The SMILES string of the molecule is CCC1CNCCC1(O)CCC1CC1. The van der Waals surface area contributed by atoms with E-state index in [9.17, 15) is 5.11 Å². The smallest absolute Gasteiger partial charge is 0.0700 e. The van der Waals surface area contributed by atoms with Crippen LogP contribution in [0.2, 0.25) is 0 Å². The largest absolute Gasteiger partial charge is 0.390 e. The van der Waals surface area contributed by atoms with Crippen LogP contribution in [0.25, 0.3) is 0 Å². The maximum Gasteiger partial charge on any atom is 0.0700 e. The van der Waals surface area contributed by atoms with Gasteiger partial charge in [0.1, 0.15) is 0 Å². The van der Waals surface area contributed by atoms with Crippen molar-refractivity contribution in [3.8, 4) is 0 Å². The molecule has 0 aromatic rings. The lowest BCUT2D eigenvalue weighted by atomic mass is 9.77. The van der Waals surface area contributed by atoms with Gasteiger partial charge in [-0.05, 0) is 44.1 Å². The molecule has 2 rings (SSSR count). The number of nitrogens with one attached hydrogen (secondary N) is 1. The molecule has 2 unspecified atom stereocenters. The second-order valence-electron chi connectivity index (χ2n) is 5.14. The topological polar surface area (TPSA) is 32.3 Å². The van der Waals surface area contributed by atoms with Crippen LogP contribution in [0.5, 0.6) is 0 Å². The summed E-state index contributed by atoms with van der Waals surface area (Å²) in [5.41, 5.74) is -0.345. The van der Waals surface area contributed by atoms with Crippen LogP contribution in [0.15, 0.2) is 0 Å². The predicted molar refractivity (Wildman–Crippen MR) is 58.2 cm³/mol. The van der Waals surface area contributed by atoms with E-state index in [-0.39, 0.29) is 5.60 Å². The lowest BCUT2D eigenvalue weighted by Gasteiger charge is -2.40. The molecule has 1 aliphatic heterocycles. The van der Waals surface area contributed by atoms with E-state index in [4.69, 9.17) is 0 Å². The van der Waals surface area contributed by atoms with Gasteiger partial charge >= 0.3 is 0 Å². The molecule has 1 heterocycles. The summed E-state index contributed by atoms with van der Waals surface area (Å²) in [6.45, 7) is 4.20. The standard InChI is InChI=1S/C12H23NO/c1-2-11-9-13-8-7-12(11,14)6-5-10-3-4-10/h10-11,13-14H,2-9H2,1H3. The minimum atomic E-state index is -0.345. The van der Waals surface area contributed by atoms with E-state index in [2.05, 4.69) is 12.2 Å². The van der Waals surface area contributed by atoms with Crippen LogP contribution in [-0.2, 0) is 0 Å². The second kappa shape index (κ2) is 4.19. The lowest BCUT2D eigenvalue weighted by Crippen LogP contribution is -2.50. The first kappa shape index (κ1) is 10.4. The number of rotatable bonds is 4. The first-order valence-electron chi connectivity index (χ1n) is 6.17. The summed E-state index contributed by atoms with van der Waals surface area (Å²) in [6.07, 6.45) is 7.17. The van der Waals surface area contributed by atoms with E-state index >= 15 is 0 Å². The average molecular weight is 197 g/mol. The Hall–Kier alpha value is -0.0800. The van der Waals surface area contributed by atoms with Crippen LogP contribution in [0.4, 0.5) is 0 Å². The van der Waals surface area contributed by atoms with Crippen molar-refractivity contribution in [3.63, 3.8) is 0 Å². The van der Waals surface area contributed by atoms with Crippen LogP contribution in [0.3, 0.4) is 0 Å². The molecule has 0 radical (unpaired) electrons. The molecule has 2 N–H and O–H groups in total. The average Bonchev–Trinajstić information content (AvgIpc) is 2.99. The summed E-state index contributed by atoms with van der Waals surface area (Å²) in [7, 11) is 0. The Morgan fingerprint density at radius 1 is 1.43 bits per heavy atom. The Labute approximate surface area is 87.1 Å². The van der Waals surface area contributed by atoms with Gasteiger partial charge in [0.2, 0.25) is 0 Å². The minimum Gasteiger partial charge on any atom is -0.390 e. The third-order valence-corrected chi connectivity index (χ3v) is 4.06. The van der Waals surface area contributed by atoms with Gasteiger partial charge in [0.25, 0.3) is 0 Å². The fraction of sp³-hybridized carbons (Fsp3) is 1.00. The maximum absolute atomic E-state index is 10.6. The molecule has 0 bridgehead atoms. The molecule has 2 atom stereocenters. The van der Waals surface area contributed by atoms with Crippen LogP contribution in [0, 0.1) is 11.8 Å². The van der Waals surface area contributed by atoms with E-state index in [1.165, 1.54) is 19.3 Å². The van der Waals surface area contributed by atoms with Crippen molar-refractivity contribution in [2.24, 2.45) is 11.8 Å². The Bertz CT molecular complexity index is 191. The van der Waals surface area contributed by atoms with Gasteiger partial charge in [-0.25, -0.2) is 0 Å². The third-order valence-electron chi connectivity index (χ3n) is 4.06. The maximum atomic E-state index is 10.6. The molecule has 2 aliphatic rings. The summed E-state index contributed by atoms with van der Waals surface area (Å²) in [5, 5.41) is 14.0. The molecule has 0 aromatic carbocycles. The van der Waals surface area contributed by atoms with E-state index in [0.29, 0.717) is 5.92 Å². The van der Waals surface area contributed by atoms with Gasteiger partial charge in [-0.1, -0.05) is 19.8 Å². The zero-order valence-electron chi connectivity index (χ0n) is 9.26. The third kappa shape index (κ3) is 2.29. The highest BCUT2D eigenvalue weighted by molar-refractivity contribution is 4.92. The molecule has 1 aliphatic carbocycles. The van der Waals surface area contributed by atoms with Crippen molar-refractivity contribution in [1.29, 1.82) is 0 Å². The highest BCUT2D eigenvalue weighted by Crippen LogP contribution is 2.39. The van der Waals surface area contributed by atoms with Gasteiger partial charge in [0, 0.05) is 6.54 Å². The summed E-state index contributed by atoms with van der Waals surface area (Å²) in [5.74, 6) is 1.43. The fourth-order valence-electron chi connectivity index (χ4n) is 2.69. The molecule has 2 nitrogen and oxygen atoms in total. The first-order chi connectivity index (χ1) is 6.74. The summed E-state index contributed by atoms with van der Waals surface area (Å²) in [6, 6.07) is 0. The van der Waals surface area contributed by atoms with Crippen molar-refractivity contribution in [2.75, 3.05) is 13.1 Å². The Morgan fingerprint density at radius 2 is 2.21 bits per heavy atom. The zero-order valence-corrected chi connectivity index (χ0v) is 9.26. The van der Waals surface area contributed by atoms with Gasteiger partial charge in [-0.15, -0.1) is 0 Å². The monoisotopic (exact) mass is 197 g/mol. The fourth-order valence-corrected chi connectivity index (χ4v) is 2.69. The number of aliphatic hydroxyl groups is 1. The highest BCUT2D eigenvalue weighted by atomic mass is 16.3. The van der Waals surface area contributed by atoms with Gasteiger partial charge in [-0.2, -0.15) is 0 Å². The molecule has 1 saturated heterocycles. The highest BCUT2D eigenvalue weighted by Gasteiger charge is 2.38. The van der Waals surface area contributed by atoms with E-state index in [1.807, 2.05) is 0 Å². The Kier molecular flexibility index (Phi) is 3.13. The summed E-state index contributed by atoms with van der Waals surface area (Å²) >= 11 is 0. The van der Waals surface area contributed by atoms with Gasteiger partial charge in [0.05, 0.1) is 5.60 Å². The van der Waals surface area contributed by atoms with Crippen LogP contribution in [-0.4, -0.2) is 23.8 Å². The predicted octanol–water partition coefficient (Wildman–Crippen LogP) is 1.93. The minimum absolute atomic E-state index is 0.345. The molecule has 82 valence electrons. The zero-order chi connectivity index (χ0) is 10.0. The Balaban J connectivity index is 1.87. The summed E-state index contributed by atoms with van der Waals surface area (Å²) in [4.78, 5) is 0. The van der Waals surface area contributed by atoms with E-state index < -0.39 is 0 Å². The number of piperidine rings is 1. The molecule has 2 fully saturated rings. The van der Waals surface area contributed by atoms with Gasteiger partial charge in [0.15, 0.2) is 0 Å². The van der Waals surface area contributed by atoms with Crippen LogP contribution in [0.1, 0.15) is 45.4 Å². The van der Waals surface area contributed by atoms with Crippen molar-refractivity contribution < 1.29 is 5.11 Å². The normalized spacial score (nSPS) is 38.6. The Morgan fingerprint density at radius 3 is 2.86 bits per heavy atom. The number of hydrogen-bond acceptors (Lipinski definition) is 2. The van der Waals surface area contributed by atoms with Gasteiger partial charge in [-0.3, -0.25) is 0 Å². The lowest BCUT2D eigenvalue weighted by molar-refractivity contribution is -0.0510. The van der Waals surface area contributed by atoms with Crippen molar-refractivity contribution in [3.05, 3.63) is 0 Å². The molecule has 2 heteroatoms. The molecule has 1 saturated carbocycles. The van der Waals surface area contributed by atoms with Crippen molar-refractivity contribution >= 4 is 0 Å². The molecular formula is C12H23NO. The molecule has 0 spiro atoms. The van der Waals surface area contributed by atoms with Crippen LogP contribution < -0.4 is 5.32 Å². The summed E-state index contributed by atoms with van der Waals surface area (Å²) < 4.78 is 0. The molecule has 0 amide bonds. The molecular weight excluding hydrogens is 174 g/mol. The van der Waals surface area contributed by atoms with E-state index in [1.54, 1.807) is 0 Å². The number of hydrogen-bond donors (Lipinski definition) is 2. The molecule has 14 heavy (non-hydrogen) atoms. The quantitative estimate of drug-likeness (QED) is 0.722. The molecule has 0 aromatic heterocycles.